The van der Waals surface area contributed by atoms with Gasteiger partial charge in [0.05, 0.1) is 0 Å². The second-order valence-corrected chi connectivity index (χ2v) is 4.11. The van der Waals surface area contributed by atoms with Crippen LogP contribution in [0.25, 0.3) is 0 Å². The lowest BCUT2D eigenvalue weighted by molar-refractivity contribution is -0.214. The van der Waals surface area contributed by atoms with E-state index in [0.29, 0.717) is 6.42 Å². The molecule has 0 atom stereocenters. The van der Waals surface area contributed by atoms with E-state index in [0.717, 1.165) is 25.7 Å². The molecule has 0 aliphatic rings. The quantitative estimate of drug-likeness (QED) is 0.300. The summed E-state index contributed by atoms with van der Waals surface area (Å²) in [7, 11) is -4.70. The van der Waals surface area contributed by atoms with Crippen molar-refractivity contribution in [3.05, 3.63) is 0 Å². The van der Waals surface area contributed by atoms with Crippen LogP contribution in [-0.4, -0.2) is 18.9 Å². The number of hydrogen-bond donors (Lipinski definition) is 1. The third kappa shape index (κ3) is 11.3. The van der Waals surface area contributed by atoms with Gasteiger partial charge in [0.1, 0.15) is 0 Å². The summed E-state index contributed by atoms with van der Waals surface area (Å²) in [6.45, 7) is 2.08. The van der Waals surface area contributed by atoms with Crippen LogP contribution in [-0.2, 0) is 24.4 Å². The normalized spacial score (nSPS) is 11.3. The summed E-state index contributed by atoms with van der Waals surface area (Å²) in [5, 5.41) is 0. The zero-order valence-corrected chi connectivity index (χ0v) is 9.46. The number of rotatable bonds is 8. The van der Waals surface area contributed by atoms with Crippen LogP contribution in [0, 0.1) is 0 Å². The molecule has 0 spiro atoms. The standard InChI is InChI=1S/C8H16O6S/c1-2-3-4-5-6-7-8(9)13-14-15(10,11)12/h2-7H2,1H3,(H,10,11,12). The van der Waals surface area contributed by atoms with Crippen molar-refractivity contribution in [1.82, 2.24) is 0 Å². The molecular formula is C8H16O6S. The van der Waals surface area contributed by atoms with Crippen molar-refractivity contribution in [2.45, 2.75) is 45.4 Å². The Bertz CT molecular complexity index is 271. The Hall–Kier alpha value is -0.660. The molecule has 0 heterocycles. The molecule has 0 saturated heterocycles. The first-order chi connectivity index (χ1) is 6.95. The largest absolute Gasteiger partial charge is 0.432 e. The van der Waals surface area contributed by atoms with Gasteiger partial charge in [-0.05, 0) is 10.8 Å². The minimum atomic E-state index is -4.70. The monoisotopic (exact) mass is 240 g/mol. The van der Waals surface area contributed by atoms with Crippen molar-refractivity contribution in [2.75, 3.05) is 0 Å². The third-order valence-electron chi connectivity index (χ3n) is 1.70. The minimum Gasteiger partial charge on any atom is -0.280 e. The maximum atomic E-state index is 10.8. The molecule has 90 valence electrons. The molecule has 0 amide bonds. The van der Waals surface area contributed by atoms with Gasteiger partial charge in [0.15, 0.2) is 0 Å². The van der Waals surface area contributed by atoms with E-state index in [-0.39, 0.29) is 6.42 Å². The van der Waals surface area contributed by atoms with Crippen LogP contribution in [0.15, 0.2) is 0 Å². The van der Waals surface area contributed by atoms with Gasteiger partial charge in [0.25, 0.3) is 0 Å². The molecule has 0 unspecified atom stereocenters. The smallest absolute Gasteiger partial charge is 0.280 e. The van der Waals surface area contributed by atoms with Gasteiger partial charge in [-0.25, -0.2) is 4.79 Å². The summed E-state index contributed by atoms with van der Waals surface area (Å²) >= 11 is 0. The maximum Gasteiger partial charge on any atom is 0.432 e. The fourth-order valence-electron chi connectivity index (χ4n) is 0.995. The van der Waals surface area contributed by atoms with Crippen LogP contribution in [0.1, 0.15) is 45.4 Å². The summed E-state index contributed by atoms with van der Waals surface area (Å²) in [5.74, 6) is -0.802. The highest BCUT2D eigenvalue weighted by molar-refractivity contribution is 7.80. The Kier molecular flexibility index (Phi) is 7.27. The van der Waals surface area contributed by atoms with E-state index in [1.165, 1.54) is 0 Å². The Morgan fingerprint density at radius 3 is 2.33 bits per heavy atom. The van der Waals surface area contributed by atoms with Crippen molar-refractivity contribution >= 4 is 16.4 Å². The molecule has 15 heavy (non-hydrogen) atoms. The van der Waals surface area contributed by atoms with E-state index in [1.807, 2.05) is 0 Å². The summed E-state index contributed by atoms with van der Waals surface area (Å²) in [6, 6.07) is 0. The van der Waals surface area contributed by atoms with Crippen LogP contribution in [0.2, 0.25) is 0 Å². The van der Waals surface area contributed by atoms with Crippen LogP contribution >= 0.6 is 0 Å². The van der Waals surface area contributed by atoms with E-state index in [2.05, 4.69) is 16.1 Å². The molecule has 0 aromatic carbocycles. The molecular weight excluding hydrogens is 224 g/mol. The van der Waals surface area contributed by atoms with E-state index in [9.17, 15) is 13.2 Å². The Morgan fingerprint density at radius 2 is 1.80 bits per heavy atom. The van der Waals surface area contributed by atoms with E-state index < -0.39 is 16.4 Å². The average Bonchev–Trinajstić information content (AvgIpc) is 2.13. The van der Waals surface area contributed by atoms with Gasteiger partial charge in [-0.3, -0.25) is 9.44 Å². The first-order valence-corrected chi connectivity index (χ1v) is 6.18. The third-order valence-corrected chi connectivity index (χ3v) is 1.94. The van der Waals surface area contributed by atoms with E-state index >= 15 is 0 Å². The molecule has 6 nitrogen and oxygen atoms in total. The topological polar surface area (TPSA) is 89.9 Å². The highest BCUT2D eigenvalue weighted by Gasteiger charge is 2.10. The zero-order valence-electron chi connectivity index (χ0n) is 8.64. The lowest BCUT2D eigenvalue weighted by Crippen LogP contribution is -2.10. The van der Waals surface area contributed by atoms with Crippen LogP contribution in [0.3, 0.4) is 0 Å². The molecule has 0 bridgehead atoms. The average molecular weight is 240 g/mol. The molecule has 0 aromatic heterocycles. The highest BCUT2D eigenvalue weighted by atomic mass is 32.3. The molecule has 0 rings (SSSR count). The molecule has 0 fully saturated rings. The highest BCUT2D eigenvalue weighted by Crippen LogP contribution is 2.06. The first-order valence-electron chi connectivity index (χ1n) is 4.82. The molecule has 0 aromatic rings. The second-order valence-electron chi connectivity index (χ2n) is 3.12. The molecule has 7 heteroatoms. The van der Waals surface area contributed by atoms with Crippen LogP contribution in [0.5, 0.6) is 0 Å². The predicted molar refractivity (Wildman–Crippen MR) is 52.1 cm³/mol. The summed E-state index contributed by atoms with van der Waals surface area (Å²) in [5.41, 5.74) is 0. The maximum absolute atomic E-state index is 10.8. The van der Waals surface area contributed by atoms with Crippen LogP contribution in [0.4, 0.5) is 0 Å². The van der Waals surface area contributed by atoms with Crippen molar-refractivity contribution in [3.63, 3.8) is 0 Å². The summed E-state index contributed by atoms with van der Waals surface area (Å²) in [4.78, 5) is 14.6. The minimum absolute atomic E-state index is 0.0826. The molecule has 0 aliphatic carbocycles. The van der Waals surface area contributed by atoms with E-state index in [4.69, 9.17) is 4.55 Å². The Balaban J connectivity index is 3.42. The van der Waals surface area contributed by atoms with E-state index in [1.54, 1.807) is 0 Å². The van der Waals surface area contributed by atoms with Crippen molar-refractivity contribution < 1.29 is 27.0 Å². The molecule has 0 radical (unpaired) electrons. The number of hydrogen-bond acceptors (Lipinski definition) is 5. The van der Waals surface area contributed by atoms with Gasteiger partial charge >= 0.3 is 16.4 Å². The Labute approximate surface area is 89.4 Å². The van der Waals surface area contributed by atoms with Crippen molar-refractivity contribution in [2.24, 2.45) is 0 Å². The summed E-state index contributed by atoms with van der Waals surface area (Å²) < 4.78 is 31.5. The van der Waals surface area contributed by atoms with Crippen molar-refractivity contribution in [3.8, 4) is 0 Å². The number of carbonyl (C=O) groups is 1. The van der Waals surface area contributed by atoms with Gasteiger partial charge in [-0.1, -0.05) is 32.6 Å². The predicted octanol–water partition coefficient (Wildman–Crippen LogP) is 1.62. The number of carbonyl (C=O) groups excluding carboxylic acids is 1. The van der Waals surface area contributed by atoms with Gasteiger partial charge in [-0.15, -0.1) is 0 Å². The number of unbranched alkanes of at least 4 members (excludes halogenated alkanes) is 4. The van der Waals surface area contributed by atoms with Gasteiger partial charge in [0, 0.05) is 6.42 Å². The van der Waals surface area contributed by atoms with Gasteiger partial charge in [-0.2, -0.15) is 8.42 Å². The van der Waals surface area contributed by atoms with Gasteiger partial charge in [0.2, 0.25) is 0 Å². The van der Waals surface area contributed by atoms with Gasteiger partial charge < -0.3 is 0 Å². The zero-order chi connectivity index (χ0) is 11.7. The lowest BCUT2D eigenvalue weighted by atomic mass is 10.1. The fourth-order valence-corrected chi connectivity index (χ4v) is 1.16. The first kappa shape index (κ1) is 14.3. The SMILES string of the molecule is CCCCCCCC(=O)OOS(=O)(=O)O. The second kappa shape index (κ2) is 7.61. The molecule has 0 aliphatic heterocycles. The lowest BCUT2D eigenvalue weighted by Gasteiger charge is -2.00. The van der Waals surface area contributed by atoms with Crippen molar-refractivity contribution in [1.29, 1.82) is 0 Å². The van der Waals surface area contributed by atoms with Crippen LogP contribution < -0.4 is 0 Å². The Morgan fingerprint density at radius 1 is 1.20 bits per heavy atom. The molecule has 0 saturated carbocycles. The summed E-state index contributed by atoms with van der Waals surface area (Å²) in [6.07, 6.45) is 4.83. The fraction of sp³-hybridized carbons (Fsp3) is 0.875. The molecule has 1 N–H and O–H groups in total.